The maximum atomic E-state index is 12.6. The second-order valence-corrected chi connectivity index (χ2v) is 7.02. The molecule has 1 aliphatic heterocycles. The molecule has 1 aromatic carbocycles. The van der Waals surface area contributed by atoms with Gasteiger partial charge in [0.05, 0.1) is 19.1 Å². The zero-order chi connectivity index (χ0) is 20.9. The molecule has 0 radical (unpaired) electrons. The summed E-state index contributed by atoms with van der Waals surface area (Å²) in [5.41, 5.74) is 1.77. The van der Waals surface area contributed by atoms with Gasteiger partial charge in [-0.1, -0.05) is 11.2 Å². The summed E-state index contributed by atoms with van der Waals surface area (Å²) in [5, 5.41) is 4.04. The van der Waals surface area contributed by atoms with Crippen molar-refractivity contribution >= 4 is 5.91 Å². The van der Waals surface area contributed by atoms with E-state index in [2.05, 4.69) is 15.1 Å². The fourth-order valence-corrected chi connectivity index (χ4v) is 3.52. The number of carbonyl (C=O) groups is 1. The fraction of sp³-hybridized carbons (Fsp3) is 0.364. The number of rotatable bonds is 8. The Balaban J connectivity index is 1.45. The molecule has 2 aromatic heterocycles. The van der Waals surface area contributed by atoms with Gasteiger partial charge in [-0.2, -0.15) is 4.98 Å². The minimum absolute atomic E-state index is 0.0629. The standard InChI is InChI=1S/C22H24N4O4/c1-3-28-18-8-7-15(10-19(18)29-4-2)13-26-14-17(11-20(26)27)22-24-21(25-30-22)16-6-5-9-23-12-16/h5-10,12,17H,3-4,11,13-14H2,1-2H3. The molecule has 0 N–H and O–H groups in total. The van der Waals surface area contributed by atoms with Gasteiger partial charge in [-0.25, -0.2) is 0 Å². The molecular weight excluding hydrogens is 384 g/mol. The van der Waals surface area contributed by atoms with Crippen LogP contribution in [0, 0.1) is 0 Å². The van der Waals surface area contributed by atoms with Crippen LogP contribution in [0.25, 0.3) is 11.4 Å². The number of ether oxygens (including phenoxy) is 2. The number of nitrogens with zero attached hydrogens (tertiary/aromatic N) is 4. The average Bonchev–Trinajstić information content (AvgIpc) is 3.38. The Morgan fingerprint density at radius 3 is 2.77 bits per heavy atom. The summed E-state index contributed by atoms with van der Waals surface area (Å²) >= 11 is 0. The normalized spacial score (nSPS) is 16.1. The largest absolute Gasteiger partial charge is 0.490 e. The van der Waals surface area contributed by atoms with Gasteiger partial charge in [-0.05, 0) is 43.7 Å². The van der Waals surface area contributed by atoms with Crippen molar-refractivity contribution in [1.82, 2.24) is 20.0 Å². The first kappa shape index (κ1) is 19.9. The highest BCUT2D eigenvalue weighted by atomic mass is 16.5. The molecule has 0 saturated carbocycles. The molecule has 1 saturated heterocycles. The SMILES string of the molecule is CCOc1ccc(CN2CC(c3nc(-c4cccnc4)no3)CC2=O)cc1OCC. The topological polar surface area (TPSA) is 90.6 Å². The van der Waals surface area contributed by atoms with Gasteiger partial charge in [0.2, 0.25) is 17.6 Å². The number of benzene rings is 1. The molecule has 4 rings (SSSR count). The van der Waals surface area contributed by atoms with E-state index in [-0.39, 0.29) is 11.8 Å². The van der Waals surface area contributed by atoms with E-state index >= 15 is 0 Å². The lowest BCUT2D eigenvalue weighted by molar-refractivity contribution is -0.128. The Morgan fingerprint density at radius 2 is 2.00 bits per heavy atom. The zero-order valence-corrected chi connectivity index (χ0v) is 17.1. The fourth-order valence-electron chi connectivity index (χ4n) is 3.52. The van der Waals surface area contributed by atoms with Crippen LogP contribution in [0.1, 0.15) is 37.6 Å². The van der Waals surface area contributed by atoms with Crippen molar-refractivity contribution in [3.8, 4) is 22.9 Å². The van der Waals surface area contributed by atoms with Gasteiger partial charge in [0.1, 0.15) is 0 Å². The van der Waals surface area contributed by atoms with Crippen molar-refractivity contribution in [2.45, 2.75) is 32.7 Å². The maximum Gasteiger partial charge on any atom is 0.232 e. The van der Waals surface area contributed by atoms with Crippen molar-refractivity contribution in [2.75, 3.05) is 19.8 Å². The zero-order valence-electron chi connectivity index (χ0n) is 17.1. The molecule has 30 heavy (non-hydrogen) atoms. The number of hydrogen-bond acceptors (Lipinski definition) is 7. The molecule has 1 fully saturated rings. The highest BCUT2D eigenvalue weighted by Gasteiger charge is 2.34. The van der Waals surface area contributed by atoms with Gasteiger partial charge >= 0.3 is 0 Å². The second kappa shape index (κ2) is 8.94. The highest BCUT2D eigenvalue weighted by Crippen LogP contribution is 2.32. The lowest BCUT2D eigenvalue weighted by Crippen LogP contribution is -2.24. The van der Waals surface area contributed by atoms with Gasteiger partial charge in [0.15, 0.2) is 11.5 Å². The first-order chi connectivity index (χ1) is 14.7. The van der Waals surface area contributed by atoms with Crippen LogP contribution in [-0.4, -0.2) is 45.7 Å². The molecule has 0 aliphatic carbocycles. The smallest absolute Gasteiger partial charge is 0.232 e. The third-order valence-electron chi connectivity index (χ3n) is 4.91. The molecular formula is C22H24N4O4. The van der Waals surface area contributed by atoms with Crippen LogP contribution in [-0.2, 0) is 11.3 Å². The number of likely N-dealkylation sites (tertiary alicyclic amines) is 1. The van der Waals surface area contributed by atoms with Gasteiger partial charge in [0, 0.05) is 37.5 Å². The third-order valence-corrected chi connectivity index (χ3v) is 4.91. The van der Waals surface area contributed by atoms with Crippen LogP contribution in [0.15, 0.2) is 47.2 Å². The highest BCUT2D eigenvalue weighted by molar-refractivity contribution is 5.79. The van der Waals surface area contributed by atoms with Crippen LogP contribution < -0.4 is 9.47 Å². The molecule has 0 bridgehead atoms. The Kier molecular flexibility index (Phi) is 5.92. The number of aromatic nitrogens is 3. The molecule has 1 aliphatic rings. The first-order valence-corrected chi connectivity index (χ1v) is 10.1. The molecule has 1 amide bonds. The molecule has 8 nitrogen and oxygen atoms in total. The van der Waals surface area contributed by atoms with Gasteiger partial charge in [-0.3, -0.25) is 9.78 Å². The van der Waals surface area contributed by atoms with Crippen molar-refractivity contribution < 1.29 is 18.8 Å². The van der Waals surface area contributed by atoms with E-state index in [1.807, 2.05) is 49.1 Å². The lowest BCUT2D eigenvalue weighted by atomic mass is 10.1. The predicted molar refractivity (Wildman–Crippen MR) is 109 cm³/mol. The van der Waals surface area contributed by atoms with Gasteiger partial charge in [-0.15, -0.1) is 0 Å². The lowest BCUT2D eigenvalue weighted by Gasteiger charge is -2.18. The van der Waals surface area contributed by atoms with Crippen molar-refractivity contribution in [3.05, 3.63) is 54.2 Å². The van der Waals surface area contributed by atoms with E-state index in [1.54, 1.807) is 12.4 Å². The van der Waals surface area contributed by atoms with Crippen LogP contribution >= 0.6 is 0 Å². The molecule has 156 valence electrons. The second-order valence-electron chi connectivity index (χ2n) is 7.02. The number of hydrogen-bond donors (Lipinski definition) is 0. The molecule has 3 heterocycles. The van der Waals surface area contributed by atoms with Crippen LogP contribution in [0.5, 0.6) is 11.5 Å². The summed E-state index contributed by atoms with van der Waals surface area (Å²) in [6.07, 6.45) is 3.72. The molecule has 1 unspecified atom stereocenters. The molecule has 3 aromatic rings. The van der Waals surface area contributed by atoms with E-state index in [9.17, 15) is 4.79 Å². The summed E-state index contributed by atoms with van der Waals surface area (Å²) in [6.45, 7) is 6.00. The molecule has 1 atom stereocenters. The molecule has 8 heteroatoms. The number of carbonyl (C=O) groups excluding carboxylic acids is 1. The maximum absolute atomic E-state index is 12.6. The van der Waals surface area contributed by atoms with E-state index < -0.39 is 0 Å². The predicted octanol–water partition coefficient (Wildman–Crippen LogP) is 3.45. The van der Waals surface area contributed by atoms with E-state index in [0.717, 1.165) is 11.1 Å². The van der Waals surface area contributed by atoms with Crippen LogP contribution in [0.2, 0.25) is 0 Å². The van der Waals surface area contributed by atoms with Crippen molar-refractivity contribution in [1.29, 1.82) is 0 Å². The monoisotopic (exact) mass is 408 g/mol. The Hall–Kier alpha value is -3.42. The van der Waals surface area contributed by atoms with Crippen LogP contribution in [0.3, 0.4) is 0 Å². The van der Waals surface area contributed by atoms with Crippen molar-refractivity contribution in [2.24, 2.45) is 0 Å². The number of pyridine rings is 1. The summed E-state index contributed by atoms with van der Waals surface area (Å²) < 4.78 is 16.7. The van der Waals surface area contributed by atoms with Gasteiger partial charge in [0.25, 0.3) is 0 Å². The van der Waals surface area contributed by atoms with E-state index in [4.69, 9.17) is 14.0 Å². The Morgan fingerprint density at radius 1 is 1.17 bits per heavy atom. The van der Waals surface area contributed by atoms with E-state index in [0.29, 0.717) is 55.9 Å². The van der Waals surface area contributed by atoms with Crippen molar-refractivity contribution in [3.63, 3.8) is 0 Å². The Bertz CT molecular complexity index is 1010. The minimum Gasteiger partial charge on any atom is -0.490 e. The van der Waals surface area contributed by atoms with Gasteiger partial charge < -0.3 is 18.9 Å². The average molecular weight is 408 g/mol. The summed E-state index contributed by atoms with van der Waals surface area (Å²) in [5.74, 6) is 2.31. The number of amides is 1. The first-order valence-electron chi connectivity index (χ1n) is 10.1. The summed E-state index contributed by atoms with van der Waals surface area (Å²) in [7, 11) is 0. The quantitative estimate of drug-likeness (QED) is 0.564. The summed E-state index contributed by atoms with van der Waals surface area (Å²) in [4.78, 5) is 22.9. The molecule has 0 spiro atoms. The minimum atomic E-state index is -0.121. The van der Waals surface area contributed by atoms with E-state index in [1.165, 1.54) is 0 Å². The van der Waals surface area contributed by atoms with Crippen LogP contribution in [0.4, 0.5) is 0 Å². The summed E-state index contributed by atoms with van der Waals surface area (Å²) in [6, 6.07) is 9.47. The third kappa shape index (κ3) is 4.27. The Labute approximate surface area is 174 Å².